The Kier molecular flexibility index (Phi) is 36.4. The summed E-state index contributed by atoms with van der Waals surface area (Å²) in [5.74, 6) is -0.725. The van der Waals surface area contributed by atoms with Gasteiger partial charge in [0.15, 0.2) is 6.10 Å². The Bertz CT molecular complexity index is 1140. The maximum Gasteiger partial charge on any atom is 0.306 e. The predicted molar refractivity (Wildman–Crippen MR) is 214 cm³/mol. The summed E-state index contributed by atoms with van der Waals surface area (Å²) >= 11 is 0. The normalized spacial score (nSPS) is 13.7. The van der Waals surface area contributed by atoms with Gasteiger partial charge in [0.05, 0.1) is 6.61 Å². The number of allylic oxidation sites excluding steroid dienone is 22. The standard InChI is InChI=1S/C45H66O5/c1-3-5-7-9-11-13-15-17-18-19-20-21-22-23-24-25-26-28-30-32-34-36-38-40-45(48)50-43(41-46)42-49-44(47)39-37-35-33-31-29-27-16-14-12-10-8-6-4-2/h5-8,10-14,16-18,20-21,23-24,26-29,31,33,43,46H,3-4,9,15,19,22,25,30,32,34-42H2,1-2H3/b7-5+,8-6+,12-10+,13-11+,16-14+,18-17+,21-20+,24-23+,28-26+,29-27+,33-31+. The number of carbonyl (C=O) groups is 2. The fraction of sp³-hybridized carbons (Fsp3) is 0.467. The molecule has 0 amide bonds. The average Bonchev–Trinajstić information content (AvgIpc) is 3.12. The number of carbonyl (C=O) groups excluding carboxylic acids is 2. The Balaban J connectivity index is 3.79. The summed E-state index contributed by atoms with van der Waals surface area (Å²) in [5.41, 5.74) is 0. The lowest BCUT2D eigenvalue weighted by molar-refractivity contribution is -0.161. The van der Waals surface area contributed by atoms with Gasteiger partial charge < -0.3 is 14.6 Å². The molecule has 0 spiro atoms. The summed E-state index contributed by atoms with van der Waals surface area (Å²) in [6.07, 6.45) is 59.4. The average molecular weight is 687 g/mol. The van der Waals surface area contributed by atoms with E-state index in [9.17, 15) is 14.7 Å². The van der Waals surface area contributed by atoms with Gasteiger partial charge in [-0.05, 0) is 77.0 Å². The molecule has 1 unspecified atom stereocenters. The first-order chi connectivity index (χ1) is 24.6. The Hall–Kier alpha value is -3.96. The smallest absolute Gasteiger partial charge is 0.306 e. The molecule has 1 N–H and O–H groups in total. The van der Waals surface area contributed by atoms with Gasteiger partial charge in [-0.1, -0.05) is 160 Å². The fourth-order valence-electron chi connectivity index (χ4n) is 4.29. The van der Waals surface area contributed by atoms with E-state index in [1.165, 1.54) is 0 Å². The van der Waals surface area contributed by atoms with Gasteiger partial charge in [0.2, 0.25) is 0 Å². The van der Waals surface area contributed by atoms with Crippen LogP contribution in [0.15, 0.2) is 134 Å². The summed E-state index contributed by atoms with van der Waals surface area (Å²) in [6, 6.07) is 0. The molecular weight excluding hydrogens is 620 g/mol. The van der Waals surface area contributed by atoms with Crippen molar-refractivity contribution in [3.8, 4) is 0 Å². The van der Waals surface area contributed by atoms with Crippen molar-refractivity contribution in [1.82, 2.24) is 0 Å². The molecule has 50 heavy (non-hydrogen) atoms. The lowest BCUT2D eigenvalue weighted by atomic mass is 10.1. The Morgan fingerprint density at radius 2 is 0.920 bits per heavy atom. The molecule has 0 rings (SSSR count). The third-order valence-corrected chi connectivity index (χ3v) is 7.07. The second kappa shape index (κ2) is 39.5. The van der Waals surface area contributed by atoms with Crippen molar-refractivity contribution >= 4 is 11.9 Å². The molecule has 0 saturated carbocycles. The van der Waals surface area contributed by atoms with Gasteiger partial charge >= 0.3 is 11.9 Å². The first kappa shape index (κ1) is 46.0. The van der Waals surface area contributed by atoms with Gasteiger partial charge in [0, 0.05) is 12.8 Å². The molecule has 0 aliphatic heterocycles. The monoisotopic (exact) mass is 686 g/mol. The second-order valence-corrected chi connectivity index (χ2v) is 11.7. The number of aliphatic hydroxyl groups is 1. The number of unbranched alkanes of at least 4 members (excludes halogenated alkanes) is 5. The summed E-state index contributed by atoms with van der Waals surface area (Å²) in [4.78, 5) is 24.2. The second-order valence-electron chi connectivity index (χ2n) is 11.7. The molecule has 0 saturated heterocycles. The minimum Gasteiger partial charge on any atom is -0.462 e. The van der Waals surface area contributed by atoms with Crippen LogP contribution in [0.4, 0.5) is 0 Å². The van der Waals surface area contributed by atoms with E-state index in [4.69, 9.17) is 9.47 Å². The fourth-order valence-corrected chi connectivity index (χ4v) is 4.29. The molecule has 0 heterocycles. The maximum atomic E-state index is 12.2. The van der Waals surface area contributed by atoms with Gasteiger partial charge in [-0.15, -0.1) is 0 Å². The molecule has 5 heteroatoms. The van der Waals surface area contributed by atoms with Crippen molar-refractivity contribution in [1.29, 1.82) is 0 Å². The number of hydrogen-bond acceptors (Lipinski definition) is 5. The van der Waals surface area contributed by atoms with Gasteiger partial charge in [-0.25, -0.2) is 0 Å². The van der Waals surface area contributed by atoms with Crippen LogP contribution in [0, 0.1) is 0 Å². The number of rotatable bonds is 31. The van der Waals surface area contributed by atoms with Crippen LogP contribution >= 0.6 is 0 Å². The van der Waals surface area contributed by atoms with Gasteiger partial charge in [0.1, 0.15) is 6.61 Å². The molecule has 0 aliphatic carbocycles. The van der Waals surface area contributed by atoms with Gasteiger partial charge in [-0.2, -0.15) is 0 Å². The Labute approximate surface area is 305 Å². The summed E-state index contributed by atoms with van der Waals surface area (Å²) in [5, 5.41) is 9.53. The van der Waals surface area contributed by atoms with E-state index in [-0.39, 0.29) is 31.6 Å². The molecule has 0 radical (unpaired) electrons. The lowest BCUT2D eigenvalue weighted by Crippen LogP contribution is -2.28. The molecule has 0 aromatic heterocycles. The summed E-state index contributed by atoms with van der Waals surface area (Å²) in [6.45, 7) is 3.75. The van der Waals surface area contributed by atoms with Crippen LogP contribution in [0.1, 0.15) is 117 Å². The molecular formula is C45H66O5. The zero-order chi connectivity index (χ0) is 36.4. The van der Waals surface area contributed by atoms with Crippen LogP contribution in [-0.2, 0) is 19.1 Å². The van der Waals surface area contributed by atoms with E-state index < -0.39 is 6.10 Å². The van der Waals surface area contributed by atoms with E-state index >= 15 is 0 Å². The quantitative estimate of drug-likeness (QED) is 0.0340. The first-order valence-corrected chi connectivity index (χ1v) is 18.8. The van der Waals surface area contributed by atoms with Crippen molar-refractivity contribution in [3.63, 3.8) is 0 Å². The highest BCUT2D eigenvalue weighted by molar-refractivity contribution is 5.70. The molecule has 5 nitrogen and oxygen atoms in total. The van der Waals surface area contributed by atoms with Gasteiger partial charge in [-0.3, -0.25) is 9.59 Å². The van der Waals surface area contributed by atoms with Crippen LogP contribution in [0.3, 0.4) is 0 Å². The third-order valence-electron chi connectivity index (χ3n) is 7.07. The maximum absolute atomic E-state index is 12.2. The van der Waals surface area contributed by atoms with Crippen molar-refractivity contribution in [3.05, 3.63) is 134 Å². The highest BCUT2D eigenvalue weighted by Crippen LogP contribution is 2.09. The molecule has 1 atom stereocenters. The first-order valence-electron chi connectivity index (χ1n) is 18.8. The lowest BCUT2D eigenvalue weighted by Gasteiger charge is -2.15. The van der Waals surface area contributed by atoms with Crippen LogP contribution in [0.2, 0.25) is 0 Å². The van der Waals surface area contributed by atoms with E-state index in [0.29, 0.717) is 12.8 Å². The molecule has 0 fully saturated rings. The van der Waals surface area contributed by atoms with Crippen molar-refractivity contribution in [2.75, 3.05) is 13.2 Å². The molecule has 0 aromatic rings. The minimum absolute atomic E-state index is 0.124. The highest BCUT2D eigenvalue weighted by Gasteiger charge is 2.15. The van der Waals surface area contributed by atoms with Crippen molar-refractivity contribution in [2.45, 2.75) is 123 Å². The largest absolute Gasteiger partial charge is 0.462 e. The van der Waals surface area contributed by atoms with Gasteiger partial charge in [0.25, 0.3) is 0 Å². The molecule has 276 valence electrons. The summed E-state index contributed by atoms with van der Waals surface area (Å²) in [7, 11) is 0. The Morgan fingerprint density at radius 1 is 0.480 bits per heavy atom. The van der Waals surface area contributed by atoms with E-state index in [1.807, 2.05) is 54.7 Å². The topological polar surface area (TPSA) is 72.8 Å². The van der Waals surface area contributed by atoms with E-state index in [2.05, 4.69) is 92.8 Å². The highest BCUT2D eigenvalue weighted by atomic mass is 16.6. The van der Waals surface area contributed by atoms with Crippen LogP contribution < -0.4 is 0 Å². The van der Waals surface area contributed by atoms with Crippen LogP contribution in [0.25, 0.3) is 0 Å². The predicted octanol–water partition coefficient (Wildman–Crippen LogP) is 11.8. The minimum atomic E-state index is -0.824. The molecule has 0 bridgehead atoms. The van der Waals surface area contributed by atoms with Crippen molar-refractivity contribution < 1.29 is 24.2 Å². The van der Waals surface area contributed by atoms with Crippen LogP contribution in [0.5, 0.6) is 0 Å². The third kappa shape index (κ3) is 36.9. The van der Waals surface area contributed by atoms with Crippen LogP contribution in [-0.4, -0.2) is 36.4 Å². The molecule has 0 aromatic carbocycles. The number of esters is 2. The zero-order valence-electron chi connectivity index (χ0n) is 31.1. The number of ether oxygens (including phenoxy) is 2. The summed E-state index contributed by atoms with van der Waals surface area (Å²) < 4.78 is 10.5. The van der Waals surface area contributed by atoms with E-state index in [0.717, 1.165) is 83.5 Å². The van der Waals surface area contributed by atoms with Crippen molar-refractivity contribution in [2.24, 2.45) is 0 Å². The van der Waals surface area contributed by atoms with E-state index in [1.54, 1.807) is 0 Å². The Morgan fingerprint density at radius 3 is 1.46 bits per heavy atom. The molecule has 0 aliphatic rings. The number of aliphatic hydroxyl groups excluding tert-OH is 1. The zero-order valence-corrected chi connectivity index (χ0v) is 31.1. The SMILES string of the molecule is CC/C=C/C=C/C=C/C=C/C=C/CCCC(=O)OCC(CO)OC(=O)CCCCCC/C=C/C/C=C/C/C=C/C/C=C/C/C=C/C/C=C/CC. The number of hydrogen-bond donors (Lipinski definition) is 1.